The average molecular weight is 232 g/mol. The third-order valence-electron chi connectivity index (χ3n) is 1.81. The van der Waals surface area contributed by atoms with Crippen LogP contribution < -0.4 is 5.32 Å². The predicted molar refractivity (Wildman–Crippen MR) is 61.0 cm³/mol. The minimum absolute atomic E-state index is 0.0701. The van der Waals surface area contributed by atoms with Gasteiger partial charge in [-0.1, -0.05) is 0 Å². The Hall–Kier alpha value is -0.540. The number of hydrogen-bond acceptors (Lipinski definition) is 2. The summed E-state index contributed by atoms with van der Waals surface area (Å²) < 4.78 is 0. The van der Waals surface area contributed by atoms with Crippen molar-refractivity contribution < 1.29 is 4.79 Å². The van der Waals surface area contributed by atoms with Crippen LogP contribution in [0.2, 0.25) is 0 Å². The van der Waals surface area contributed by atoms with Gasteiger partial charge in [0.15, 0.2) is 0 Å². The lowest BCUT2D eigenvalue weighted by Gasteiger charge is -2.05. The second-order valence-corrected chi connectivity index (χ2v) is 4.75. The third-order valence-corrected chi connectivity index (χ3v) is 2.76. The van der Waals surface area contributed by atoms with Gasteiger partial charge in [-0.25, -0.2) is 0 Å². The standard InChI is InChI=1S/C10H14ClNOS/c1-8(11)2-4-12-10(13)6-9-3-5-14-7-9/h3,5,7-8H,2,4,6H2,1H3,(H,12,13). The Bertz CT molecular complexity index is 272. The van der Waals surface area contributed by atoms with Gasteiger partial charge in [-0.15, -0.1) is 11.6 Å². The molecule has 1 atom stereocenters. The zero-order valence-corrected chi connectivity index (χ0v) is 9.70. The van der Waals surface area contributed by atoms with E-state index in [2.05, 4.69) is 5.32 Å². The monoisotopic (exact) mass is 231 g/mol. The number of rotatable bonds is 5. The van der Waals surface area contributed by atoms with E-state index in [1.54, 1.807) is 11.3 Å². The smallest absolute Gasteiger partial charge is 0.224 e. The fraction of sp³-hybridized carbons (Fsp3) is 0.500. The Balaban J connectivity index is 2.17. The molecule has 1 rings (SSSR count). The lowest BCUT2D eigenvalue weighted by atomic mass is 10.2. The second kappa shape index (κ2) is 6.04. The maximum Gasteiger partial charge on any atom is 0.224 e. The molecule has 0 saturated carbocycles. The highest BCUT2D eigenvalue weighted by Crippen LogP contribution is 2.06. The predicted octanol–water partition coefficient (Wildman–Crippen LogP) is 2.42. The van der Waals surface area contributed by atoms with Crippen molar-refractivity contribution in [2.45, 2.75) is 25.1 Å². The number of halogens is 1. The number of carbonyl (C=O) groups excluding carboxylic acids is 1. The molecule has 0 aromatic carbocycles. The van der Waals surface area contributed by atoms with E-state index in [4.69, 9.17) is 11.6 Å². The van der Waals surface area contributed by atoms with E-state index in [0.29, 0.717) is 13.0 Å². The van der Waals surface area contributed by atoms with E-state index in [1.807, 2.05) is 23.8 Å². The minimum Gasteiger partial charge on any atom is -0.356 e. The van der Waals surface area contributed by atoms with E-state index < -0.39 is 0 Å². The van der Waals surface area contributed by atoms with Crippen molar-refractivity contribution in [2.24, 2.45) is 0 Å². The largest absolute Gasteiger partial charge is 0.356 e. The van der Waals surface area contributed by atoms with Gasteiger partial charge in [-0.3, -0.25) is 4.79 Å². The van der Waals surface area contributed by atoms with Gasteiger partial charge in [-0.2, -0.15) is 11.3 Å². The van der Waals surface area contributed by atoms with Crippen LogP contribution in [0.4, 0.5) is 0 Å². The molecule has 0 aliphatic heterocycles. The van der Waals surface area contributed by atoms with Crippen molar-refractivity contribution in [1.82, 2.24) is 5.32 Å². The SMILES string of the molecule is CC(Cl)CCNC(=O)Cc1ccsc1. The van der Waals surface area contributed by atoms with E-state index in [-0.39, 0.29) is 11.3 Å². The van der Waals surface area contributed by atoms with E-state index in [9.17, 15) is 4.79 Å². The summed E-state index contributed by atoms with van der Waals surface area (Å²) in [6, 6.07) is 1.97. The van der Waals surface area contributed by atoms with Gasteiger partial charge in [-0.05, 0) is 35.7 Å². The zero-order valence-electron chi connectivity index (χ0n) is 8.13. The molecule has 0 spiro atoms. The fourth-order valence-corrected chi connectivity index (χ4v) is 1.83. The molecule has 0 fully saturated rings. The van der Waals surface area contributed by atoms with Crippen LogP contribution in [0.3, 0.4) is 0 Å². The second-order valence-electron chi connectivity index (χ2n) is 3.23. The van der Waals surface area contributed by atoms with Crippen molar-refractivity contribution in [3.05, 3.63) is 22.4 Å². The molecule has 2 nitrogen and oxygen atoms in total. The first-order chi connectivity index (χ1) is 6.68. The van der Waals surface area contributed by atoms with Crippen molar-refractivity contribution in [2.75, 3.05) is 6.54 Å². The summed E-state index contributed by atoms with van der Waals surface area (Å²) in [6.07, 6.45) is 1.29. The molecule has 1 unspecified atom stereocenters. The van der Waals surface area contributed by atoms with Crippen LogP contribution in [0.1, 0.15) is 18.9 Å². The molecule has 0 aliphatic rings. The highest BCUT2D eigenvalue weighted by molar-refractivity contribution is 7.07. The van der Waals surface area contributed by atoms with E-state index >= 15 is 0 Å². The molecule has 1 aromatic heterocycles. The summed E-state index contributed by atoms with van der Waals surface area (Å²) in [7, 11) is 0. The zero-order chi connectivity index (χ0) is 10.4. The molecule has 1 heterocycles. The Morgan fingerprint density at radius 2 is 2.50 bits per heavy atom. The Morgan fingerprint density at radius 1 is 1.71 bits per heavy atom. The van der Waals surface area contributed by atoms with Gasteiger partial charge in [0, 0.05) is 11.9 Å². The van der Waals surface area contributed by atoms with Gasteiger partial charge in [0.25, 0.3) is 0 Å². The molecule has 0 bridgehead atoms. The first-order valence-electron chi connectivity index (χ1n) is 4.60. The molecule has 0 radical (unpaired) electrons. The lowest BCUT2D eigenvalue weighted by molar-refractivity contribution is -0.120. The molecule has 78 valence electrons. The normalized spacial score (nSPS) is 12.4. The molecule has 0 aliphatic carbocycles. The third kappa shape index (κ3) is 4.63. The number of carbonyl (C=O) groups is 1. The maximum absolute atomic E-state index is 11.3. The summed E-state index contributed by atoms with van der Waals surface area (Å²) >= 11 is 7.36. The van der Waals surface area contributed by atoms with Crippen LogP contribution in [0.15, 0.2) is 16.8 Å². The molecule has 1 aromatic rings. The summed E-state index contributed by atoms with van der Waals surface area (Å²) in [5, 5.41) is 6.92. The summed E-state index contributed by atoms with van der Waals surface area (Å²) in [5.41, 5.74) is 1.08. The number of nitrogens with one attached hydrogen (secondary N) is 1. The van der Waals surface area contributed by atoms with Gasteiger partial charge < -0.3 is 5.32 Å². The minimum atomic E-state index is 0.0701. The molecular formula is C10H14ClNOS. The molecule has 1 amide bonds. The molecule has 1 N–H and O–H groups in total. The lowest BCUT2D eigenvalue weighted by Crippen LogP contribution is -2.27. The van der Waals surface area contributed by atoms with Gasteiger partial charge in [0.2, 0.25) is 5.91 Å². The molecule has 0 saturated heterocycles. The van der Waals surface area contributed by atoms with Crippen LogP contribution >= 0.6 is 22.9 Å². The Labute approximate surface area is 93.3 Å². The van der Waals surface area contributed by atoms with Crippen LogP contribution in [0.5, 0.6) is 0 Å². The maximum atomic E-state index is 11.3. The van der Waals surface area contributed by atoms with Crippen LogP contribution in [0, 0.1) is 0 Å². The fourth-order valence-electron chi connectivity index (χ4n) is 1.05. The van der Waals surface area contributed by atoms with Gasteiger partial charge in [0.1, 0.15) is 0 Å². The van der Waals surface area contributed by atoms with Crippen LogP contribution in [-0.2, 0) is 11.2 Å². The van der Waals surface area contributed by atoms with Crippen molar-refractivity contribution in [1.29, 1.82) is 0 Å². The van der Waals surface area contributed by atoms with Crippen molar-refractivity contribution in [3.63, 3.8) is 0 Å². The quantitative estimate of drug-likeness (QED) is 0.775. The summed E-state index contributed by atoms with van der Waals surface area (Å²) in [4.78, 5) is 11.3. The summed E-state index contributed by atoms with van der Waals surface area (Å²) in [5.74, 6) is 0.0701. The summed E-state index contributed by atoms with van der Waals surface area (Å²) in [6.45, 7) is 2.58. The van der Waals surface area contributed by atoms with Crippen molar-refractivity contribution >= 4 is 28.8 Å². The van der Waals surface area contributed by atoms with Gasteiger partial charge in [0.05, 0.1) is 6.42 Å². The van der Waals surface area contributed by atoms with E-state index in [1.165, 1.54) is 0 Å². The van der Waals surface area contributed by atoms with Crippen molar-refractivity contribution in [3.8, 4) is 0 Å². The van der Waals surface area contributed by atoms with Gasteiger partial charge >= 0.3 is 0 Å². The van der Waals surface area contributed by atoms with Crippen LogP contribution in [-0.4, -0.2) is 17.8 Å². The molecular weight excluding hydrogens is 218 g/mol. The Kier molecular flexibility index (Phi) is 4.98. The van der Waals surface area contributed by atoms with E-state index in [0.717, 1.165) is 12.0 Å². The van der Waals surface area contributed by atoms with Crippen LogP contribution in [0.25, 0.3) is 0 Å². The number of hydrogen-bond donors (Lipinski definition) is 1. The molecule has 14 heavy (non-hydrogen) atoms. The highest BCUT2D eigenvalue weighted by atomic mass is 35.5. The topological polar surface area (TPSA) is 29.1 Å². The first-order valence-corrected chi connectivity index (χ1v) is 5.98. The molecule has 4 heteroatoms. The number of amides is 1. The number of alkyl halides is 1. The number of thiophene rings is 1. The average Bonchev–Trinajstić information content (AvgIpc) is 2.56. The Morgan fingerprint density at radius 3 is 3.07 bits per heavy atom. The highest BCUT2D eigenvalue weighted by Gasteiger charge is 2.03. The first kappa shape index (κ1) is 11.5.